The number of nitro groups is 1. The Bertz CT molecular complexity index is 967. The number of nitrogens with one attached hydrogen (secondary N) is 3. The summed E-state index contributed by atoms with van der Waals surface area (Å²) in [5, 5.41) is 19.0. The normalized spacial score (nSPS) is 15.9. The lowest BCUT2D eigenvalue weighted by Gasteiger charge is -2.28. The number of hydrogen-bond donors (Lipinski definition) is 3. The van der Waals surface area contributed by atoms with Gasteiger partial charge in [-0.3, -0.25) is 14.9 Å². The molecule has 0 saturated carbocycles. The fraction of sp³-hybridized carbons (Fsp3) is 0.200. The lowest BCUT2D eigenvalue weighted by Crippen LogP contribution is -2.45. The maximum atomic E-state index is 13.0. The second-order valence-electron chi connectivity index (χ2n) is 6.33. The Labute approximate surface area is 166 Å². The summed E-state index contributed by atoms with van der Waals surface area (Å²) in [6.45, 7) is 4.05. The first-order valence-corrected chi connectivity index (χ1v) is 8.96. The molecule has 29 heavy (non-hydrogen) atoms. The van der Waals surface area contributed by atoms with Crippen molar-refractivity contribution in [3.05, 3.63) is 75.5 Å². The van der Waals surface area contributed by atoms with Crippen molar-refractivity contribution in [2.45, 2.75) is 19.9 Å². The highest BCUT2D eigenvalue weighted by Gasteiger charge is 2.31. The highest BCUT2D eigenvalue weighted by atomic mass is 16.6. The quantitative estimate of drug-likeness (QED) is 0.511. The molecule has 0 spiro atoms. The Morgan fingerprint density at radius 2 is 1.83 bits per heavy atom. The molecule has 3 N–H and O–H groups in total. The minimum atomic E-state index is -0.743. The highest BCUT2D eigenvalue weighted by molar-refractivity contribution is 6.06. The van der Waals surface area contributed by atoms with Crippen LogP contribution in [0.3, 0.4) is 0 Å². The Balaban J connectivity index is 1.86. The average molecular weight is 396 g/mol. The van der Waals surface area contributed by atoms with Crippen molar-refractivity contribution >= 4 is 23.3 Å². The number of nitrogens with zero attached hydrogens (tertiary/aromatic N) is 1. The molecule has 9 nitrogen and oxygen atoms in total. The zero-order chi connectivity index (χ0) is 21.0. The second-order valence-corrected chi connectivity index (χ2v) is 6.33. The van der Waals surface area contributed by atoms with E-state index in [1.807, 2.05) is 6.92 Å². The van der Waals surface area contributed by atoms with Crippen molar-refractivity contribution in [2.24, 2.45) is 0 Å². The van der Waals surface area contributed by atoms with Crippen molar-refractivity contribution < 1.29 is 19.2 Å². The minimum absolute atomic E-state index is 0.0740. The van der Waals surface area contributed by atoms with E-state index in [0.717, 1.165) is 0 Å². The summed E-state index contributed by atoms with van der Waals surface area (Å²) in [4.78, 5) is 35.3. The van der Waals surface area contributed by atoms with E-state index in [1.165, 1.54) is 24.3 Å². The van der Waals surface area contributed by atoms with Crippen LogP contribution in [0, 0.1) is 10.1 Å². The molecule has 0 bridgehead atoms. The number of rotatable bonds is 6. The smallest absolute Gasteiger partial charge is 0.319 e. The van der Waals surface area contributed by atoms with Crippen LogP contribution in [-0.2, 0) is 4.79 Å². The molecule has 0 radical (unpaired) electrons. The van der Waals surface area contributed by atoms with E-state index in [-0.39, 0.29) is 5.69 Å². The van der Waals surface area contributed by atoms with Gasteiger partial charge in [0.2, 0.25) is 0 Å². The zero-order valence-corrected chi connectivity index (χ0v) is 15.9. The largest absolute Gasteiger partial charge is 0.494 e. The molecule has 150 valence electrons. The van der Waals surface area contributed by atoms with Crippen molar-refractivity contribution in [2.75, 3.05) is 11.9 Å². The molecular formula is C20H20N4O5. The van der Waals surface area contributed by atoms with E-state index >= 15 is 0 Å². The molecule has 2 aromatic carbocycles. The molecule has 1 heterocycles. The van der Waals surface area contributed by atoms with Gasteiger partial charge in [-0.05, 0) is 55.8 Å². The molecule has 2 aromatic rings. The van der Waals surface area contributed by atoms with Crippen molar-refractivity contribution in [3.8, 4) is 5.75 Å². The molecule has 1 aliphatic rings. The van der Waals surface area contributed by atoms with Gasteiger partial charge >= 0.3 is 6.03 Å². The molecule has 1 atom stereocenters. The average Bonchev–Trinajstić information content (AvgIpc) is 2.69. The van der Waals surface area contributed by atoms with Gasteiger partial charge in [-0.1, -0.05) is 0 Å². The monoisotopic (exact) mass is 396 g/mol. The van der Waals surface area contributed by atoms with E-state index in [9.17, 15) is 19.7 Å². The number of benzene rings is 2. The summed E-state index contributed by atoms with van der Waals surface area (Å²) in [6, 6.07) is 11.4. The summed E-state index contributed by atoms with van der Waals surface area (Å²) >= 11 is 0. The van der Waals surface area contributed by atoms with E-state index in [0.29, 0.717) is 34.9 Å². The van der Waals surface area contributed by atoms with E-state index in [4.69, 9.17) is 4.74 Å². The predicted octanol–water partition coefficient (Wildman–Crippen LogP) is 3.26. The van der Waals surface area contributed by atoms with Crippen LogP contribution in [-0.4, -0.2) is 23.5 Å². The first-order valence-electron chi connectivity index (χ1n) is 8.96. The third-order valence-corrected chi connectivity index (χ3v) is 4.37. The van der Waals surface area contributed by atoms with Crippen LogP contribution >= 0.6 is 0 Å². The lowest BCUT2D eigenvalue weighted by molar-refractivity contribution is -0.384. The molecule has 1 unspecified atom stereocenters. The van der Waals surface area contributed by atoms with Gasteiger partial charge < -0.3 is 20.7 Å². The number of nitro benzene ring substituents is 1. The van der Waals surface area contributed by atoms with Gasteiger partial charge in [0, 0.05) is 23.5 Å². The number of non-ortho nitro benzene ring substituents is 1. The van der Waals surface area contributed by atoms with Gasteiger partial charge in [0.1, 0.15) is 5.75 Å². The van der Waals surface area contributed by atoms with Gasteiger partial charge in [-0.15, -0.1) is 0 Å². The summed E-state index contributed by atoms with van der Waals surface area (Å²) in [7, 11) is 0. The third-order valence-electron chi connectivity index (χ3n) is 4.37. The van der Waals surface area contributed by atoms with Crippen molar-refractivity contribution in [1.82, 2.24) is 10.6 Å². The van der Waals surface area contributed by atoms with Gasteiger partial charge in [0.15, 0.2) is 0 Å². The van der Waals surface area contributed by atoms with Crippen molar-refractivity contribution in [3.63, 3.8) is 0 Å². The van der Waals surface area contributed by atoms with Crippen LogP contribution in [0.4, 0.5) is 16.2 Å². The lowest BCUT2D eigenvalue weighted by atomic mass is 9.94. The third kappa shape index (κ3) is 4.52. The first kappa shape index (κ1) is 19.9. The number of amides is 3. The van der Waals surface area contributed by atoms with E-state index < -0.39 is 22.9 Å². The van der Waals surface area contributed by atoms with E-state index in [2.05, 4.69) is 16.0 Å². The topological polar surface area (TPSA) is 123 Å². The van der Waals surface area contributed by atoms with Crippen LogP contribution in [0.1, 0.15) is 25.5 Å². The second kappa shape index (κ2) is 8.42. The summed E-state index contributed by atoms with van der Waals surface area (Å²) < 4.78 is 5.38. The van der Waals surface area contributed by atoms with Gasteiger partial charge in [-0.2, -0.15) is 0 Å². The van der Waals surface area contributed by atoms with Crippen LogP contribution < -0.4 is 20.7 Å². The highest BCUT2D eigenvalue weighted by Crippen LogP contribution is 2.29. The molecular weight excluding hydrogens is 376 g/mol. The van der Waals surface area contributed by atoms with Gasteiger partial charge in [-0.25, -0.2) is 4.79 Å². The zero-order valence-electron chi connectivity index (χ0n) is 15.9. The molecule has 0 saturated heterocycles. The van der Waals surface area contributed by atoms with E-state index in [1.54, 1.807) is 31.2 Å². The van der Waals surface area contributed by atoms with Crippen LogP contribution in [0.25, 0.3) is 0 Å². The summed E-state index contributed by atoms with van der Waals surface area (Å²) in [5.41, 5.74) is 1.77. The van der Waals surface area contributed by atoms with Crippen LogP contribution in [0.2, 0.25) is 0 Å². The Morgan fingerprint density at radius 1 is 1.17 bits per heavy atom. The SMILES string of the molecule is CCOc1ccc(NC(=O)C2=C(C)NC(=O)NC2c2ccc([N+](=O)[O-])cc2)cc1. The molecule has 1 aliphatic heterocycles. The fourth-order valence-electron chi connectivity index (χ4n) is 3.03. The standard InChI is InChI=1S/C20H20N4O5/c1-3-29-16-10-6-14(7-11-16)22-19(25)17-12(2)21-20(26)23-18(17)13-4-8-15(9-5-13)24(27)28/h4-11,18H,3H2,1-2H3,(H,22,25)(H2,21,23,26). The van der Waals surface area contributed by atoms with Crippen LogP contribution in [0.5, 0.6) is 5.75 Å². The molecule has 0 aliphatic carbocycles. The fourth-order valence-corrected chi connectivity index (χ4v) is 3.03. The number of carbonyl (C=O) groups is 2. The molecule has 9 heteroatoms. The molecule has 3 rings (SSSR count). The summed E-state index contributed by atoms with van der Waals surface area (Å²) in [6.07, 6.45) is 0. The Morgan fingerprint density at radius 3 is 2.41 bits per heavy atom. The number of ether oxygens (including phenoxy) is 1. The Kier molecular flexibility index (Phi) is 5.77. The molecule has 0 fully saturated rings. The number of allylic oxidation sites excluding steroid dienone is 1. The van der Waals surface area contributed by atoms with Gasteiger partial charge in [0.25, 0.3) is 11.6 Å². The predicted molar refractivity (Wildman–Crippen MR) is 106 cm³/mol. The number of anilines is 1. The Hall–Kier alpha value is -3.88. The number of urea groups is 1. The first-order chi connectivity index (χ1) is 13.9. The summed E-state index contributed by atoms with van der Waals surface area (Å²) in [5.74, 6) is 0.291. The maximum absolute atomic E-state index is 13.0. The van der Waals surface area contributed by atoms with Crippen molar-refractivity contribution in [1.29, 1.82) is 0 Å². The maximum Gasteiger partial charge on any atom is 0.319 e. The molecule has 3 amide bonds. The molecule has 0 aromatic heterocycles. The van der Waals surface area contributed by atoms with Crippen LogP contribution in [0.15, 0.2) is 59.8 Å². The minimum Gasteiger partial charge on any atom is -0.494 e. The number of carbonyl (C=O) groups excluding carboxylic acids is 2. The number of hydrogen-bond acceptors (Lipinski definition) is 5. The van der Waals surface area contributed by atoms with Gasteiger partial charge in [0.05, 0.1) is 23.1 Å².